The van der Waals surface area contributed by atoms with Crippen molar-refractivity contribution in [3.63, 3.8) is 0 Å². The lowest BCUT2D eigenvalue weighted by Gasteiger charge is -2.15. The molecule has 1 saturated heterocycles. The first-order valence-electron chi connectivity index (χ1n) is 9.34. The van der Waals surface area contributed by atoms with Crippen molar-refractivity contribution in [3.8, 4) is 11.5 Å². The molecule has 0 radical (unpaired) electrons. The molecule has 1 amide bonds. The van der Waals surface area contributed by atoms with E-state index in [9.17, 15) is 9.59 Å². The first-order chi connectivity index (χ1) is 13.6. The number of benzene rings is 2. The van der Waals surface area contributed by atoms with Gasteiger partial charge < -0.3 is 14.4 Å². The number of nitrogens with zero attached hydrogens (tertiary/aromatic N) is 1. The number of carbonyl (C=O) groups is 2. The summed E-state index contributed by atoms with van der Waals surface area (Å²) in [6.45, 7) is 1.87. The number of ether oxygens (including phenoxy) is 2. The Kier molecular flexibility index (Phi) is 5.35. The summed E-state index contributed by atoms with van der Waals surface area (Å²) in [5.74, 6) is 1.15. The van der Waals surface area contributed by atoms with Crippen LogP contribution >= 0.6 is 11.6 Å². The zero-order chi connectivity index (χ0) is 19.5. The van der Waals surface area contributed by atoms with E-state index < -0.39 is 0 Å². The molecule has 144 valence electrons. The van der Waals surface area contributed by atoms with Gasteiger partial charge in [-0.25, -0.2) is 0 Å². The van der Waals surface area contributed by atoms with Gasteiger partial charge in [-0.15, -0.1) is 0 Å². The first kappa shape index (κ1) is 18.6. The van der Waals surface area contributed by atoms with E-state index in [4.69, 9.17) is 21.1 Å². The summed E-state index contributed by atoms with van der Waals surface area (Å²) in [5, 5.41) is 0.464. The van der Waals surface area contributed by atoms with E-state index >= 15 is 0 Å². The van der Waals surface area contributed by atoms with Crippen LogP contribution in [-0.2, 0) is 4.79 Å². The quantitative estimate of drug-likeness (QED) is 0.562. The van der Waals surface area contributed by atoms with Crippen molar-refractivity contribution in [2.45, 2.75) is 19.3 Å². The minimum atomic E-state index is -0.123. The van der Waals surface area contributed by atoms with Crippen molar-refractivity contribution in [1.82, 2.24) is 0 Å². The number of halogens is 1. The smallest absolute Gasteiger partial charge is 0.227 e. The maximum absolute atomic E-state index is 12.5. The minimum Gasteiger partial charge on any atom is -0.489 e. The van der Waals surface area contributed by atoms with Crippen LogP contribution in [-0.4, -0.2) is 31.4 Å². The van der Waals surface area contributed by atoms with Crippen molar-refractivity contribution in [3.05, 3.63) is 58.6 Å². The molecule has 5 nitrogen and oxygen atoms in total. The van der Waals surface area contributed by atoms with Gasteiger partial charge in [0, 0.05) is 30.6 Å². The van der Waals surface area contributed by atoms with E-state index in [1.165, 1.54) is 6.08 Å². The van der Waals surface area contributed by atoms with E-state index in [0.717, 1.165) is 30.6 Å². The number of allylic oxidation sites excluding steroid dienone is 1. The molecule has 2 aliphatic rings. The molecule has 2 aliphatic heterocycles. The standard InChI is InChI=1S/C22H20ClNO4/c23-18-13-15(14-20-22(18)28-12-2-11-27-20)4-9-19(25)16-5-7-17(8-6-16)24-10-1-3-21(24)26/h4-9,13-14H,1-3,10-12H2. The monoisotopic (exact) mass is 397 g/mol. The molecular weight excluding hydrogens is 378 g/mol. The summed E-state index contributed by atoms with van der Waals surface area (Å²) in [5.41, 5.74) is 2.16. The molecule has 4 rings (SSSR count). The second kappa shape index (κ2) is 8.07. The van der Waals surface area contributed by atoms with Crippen LogP contribution in [0.15, 0.2) is 42.5 Å². The Bertz CT molecular complexity index is 936. The van der Waals surface area contributed by atoms with Crippen LogP contribution in [0.4, 0.5) is 5.69 Å². The summed E-state index contributed by atoms with van der Waals surface area (Å²) in [4.78, 5) is 26.1. The molecule has 0 unspecified atom stereocenters. The SMILES string of the molecule is O=C(C=Cc1cc(Cl)c2c(c1)OCCCO2)c1ccc(N2CCCC2=O)cc1. The van der Waals surface area contributed by atoms with Gasteiger partial charge in [-0.1, -0.05) is 17.7 Å². The number of amides is 1. The third kappa shape index (κ3) is 3.90. The third-order valence-corrected chi connectivity index (χ3v) is 5.07. The molecular formula is C22H20ClNO4. The van der Waals surface area contributed by atoms with Crippen LogP contribution in [0, 0.1) is 0 Å². The maximum Gasteiger partial charge on any atom is 0.227 e. The molecule has 2 aromatic rings. The predicted octanol–water partition coefficient (Wildman–Crippen LogP) is 4.52. The molecule has 0 aromatic heterocycles. The van der Waals surface area contributed by atoms with Crippen LogP contribution in [0.25, 0.3) is 6.08 Å². The predicted molar refractivity (Wildman–Crippen MR) is 108 cm³/mol. The van der Waals surface area contributed by atoms with Gasteiger partial charge in [-0.2, -0.15) is 0 Å². The molecule has 28 heavy (non-hydrogen) atoms. The van der Waals surface area contributed by atoms with Gasteiger partial charge in [0.15, 0.2) is 17.3 Å². The molecule has 0 N–H and O–H groups in total. The minimum absolute atomic E-state index is 0.123. The number of anilines is 1. The molecule has 6 heteroatoms. The van der Waals surface area contributed by atoms with Crippen LogP contribution < -0.4 is 14.4 Å². The van der Waals surface area contributed by atoms with E-state index in [2.05, 4.69) is 0 Å². The summed E-state index contributed by atoms with van der Waals surface area (Å²) < 4.78 is 11.3. The van der Waals surface area contributed by atoms with E-state index in [-0.39, 0.29) is 11.7 Å². The Labute approximate surface area is 168 Å². The largest absolute Gasteiger partial charge is 0.489 e. The van der Waals surface area contributed by atoms with Crippen LogP contribution in [0.2, 0.25) is 5.02 Å². The van der Waals surface area contributed by atoms with E-state index in [1.807, 2.05) is 18.2 Å². The average Bonchev–Trinajstić information content (AvgIpc) is 2.98. The lowest BCUT2D eigenvalue weighted by molar-refractivity contribution is -0.117. The van der Waals surface area contributed by atoms with Crippen LogP contribution in [0.1, 0.15) is 35.2 Å². The normalized spacial score (nSPS) is 16.5. The van der Waals surface area contributed by atoms with Gasteiger partial charge in [0.05, 0.1) is 18.2 Å². The van der Waals surface area contributed by atoms with Gasteiger partial charge in [-0.3, -0.25) is 9.59 Å². The summed E-state index contributed by atoms with van der Waals surface area (Å²) in [6.07, 6.45) is 5.47. The van der Waals surface area contributed by atoms with E-state index in [0.29, 0.717) is 41.7 Å². The molecule has 0 spiro atoms. The van der Waals surface area contributed by atoms with Crippen LogP contribution in [0.5, 0.6) is 11.5 Å². The summed E-state index contributed by atoms with van der Waals surface area (Å²) in [6, 6.07) is 10.7. The number of carbonyl (C=O) groups excluding carboxylic acids is 2. The number of rotatable bonds is 4. The fraction of sp³-hybridized carbons (Fsp3) is 0.273. The highest BCUT2D eigenvalue weighted by Gasteiger charge is 2.21. The fourth-order valence-electron chi connectivity index (χ4n) is 3.34. The number of ketones is 1. The van der Waals surface area contributed by atoms with Crippen molar-refractivity contribution >= 4 is 35.1 Å². The van der Waals surface area contributed by atoms with Gasteiger partial charge in [0.1, 0.15) is 0 Å². The Morgan fingerprint density at radius 3 is 2.61 bits per heavy atom. The van der Waals surface area contributed by atoms with Crippen molar-refractivity contribution < 1.29 is 19.1 Å². The van der Waals surface area contributed by atoms with Crippen LogP contribution in [0.3, 0.4) is 0 Å². The molecule has 1 fully saturated rings. The topological polar surface area (TPSA) is 55.8 Å². The first-order valence-corrected chi connectivity index (χ1v) is 9.71. The molecule has 2 heterocycles. The molecule has 0 saturated carbocycles. The second-order valence-corrected chi connectivity index (χ2v) is 7.18. The Balaban J connectivity index is 1.49. The Hall–Kier alpha value is -2.79. The van der Waals surface area contributed by atoms with Crippen molar-refractivity contribution in [2.24, 2.45) is 0 Å². The lowest BCUT2D eigenvalue weighted by atomic mass is 10.1. The molecule has 0 atom stereocenters. The average molecular weight is 398 g/mol. The van der Waals surface area contributed by atoms with E-state index in [1.54, 1.807) is 29.2 Å². The summed E-state index contributed by atoms with van der Waals surface area (Å²) in [7, 11) is 0. The Morgan fingerprint density at radius 1 is 1.07 bits per heavy atom. The zero-order valence-electron chi connectivity index (χ0n) is 15.3. The molecule has 2 aromatic carbocycles. The highest BCUT2D eigenvalue weighted by atomic mass is 35.5. The number of hydrogen-bond donors (Lipinski definition) is 0. The number of fused-ring (bicyclic) bond motifs is 1. The van der Waals surface area contributed by atoms with Crippen molar-refractivity contribution in [1.29, 1.82) is 0 Å². The summed E-state index contributed by atoms with van der Waals surface area (Å²) >= 11 is 6.29. The third-order valence-electron chi connectivity index (χ3n) is 4.79. The van der Waals surface area contributed by atoms with Gasteiger partial charge in [0.25, 0.3) is 0 Å². The Morgan fingerprint density at radius 2 is 1.86 bits per heavy atom. The number of hydrogen-bond acceptors (Lipinski definition) is 4. The second-order valence-electron chi connectivity index (χ2n) is 6.77. The van der Waals surface area contributed by atoms with Crippen molar-refractivity contribution in [2.75, 3.05) is 24.7 Å². The highest BCUT2D eigenvalue weighted by molar-refractivity contribution is 6.32. The zero-order valence-corrected chi connectivity index (χ0v) is 16.1. The van der Waals surface area contributed by atoms with Gasteiger partial charge >= 0.3 is 0 Å². The lowest BCUT2D eigenvalue weighted by Crippen LogP contribution is -2.23. The molecule has 0 aliphatic carbocycles. The van der Waals surface area contributed by atoms with Gasteiger partial charge in [0.2, 0.25) is 5.91 Å². The maximum atomic E-state index is 12.5. The van der Waals surface area contributed by atoms with Gasteiger partial charge in [-0.05, 0) is 54.5 Å². The molecule has 0 bridgehead atoms. The fourth-order valence-corrected chi connectivity index (χ4v) is 3.62. The highest BCUT2D eigenvalue weighted by Crippen LogP contribution is 2.38.